The van der Waals surface area contributed by atoms with Crippen LogP contribution < -0.4 is 0 Å². The smallest absolute Gasteiger partial charge is 0.0922 e. The van der Waals surface area contributed by atoms with Crippen LogP contribution in [0.5, 0.6) is 0 Å². The summed E-state index contributed by atoms with van der Waals surface area (Å²) >= 11 is 0. The van der Waals surface area contributed by atoms with Gasteiger partial charge in [-0.25, -0.2) is 4.98 Å². The average molecular weight is 615 g/mol. The van der Waals surface area contributed by atoms with Crippen LogP contribution in [0.15, 0.2) is 146 Å². The molecule has 0 saturated heterocycles. The first-order valence-corrected chi connectivity index (χ1v) is 16.6. The van der Waals surface area contributed by atoms with E-state index in [-0.39, 0.29) is 0 Å². The van der Waals surface area contributed by atoms with Gasteiger partial charge in [-0.2, -0.15) is 0 Å². The highest BCUT2D eigenvalue weighted by Gasteiger charge is 2.31. The third-order valence-corrected chi connectivity index (χ3v) is 10.1. The number of ether oxygens (including phenoxy) is 1. The lowest BCUT2D eigenvalue weighted by molar-refractivity contribution is 0.111. The predicted molar refractivity (Wildman–Crippen MR) is 197 cm³/mol. The Labute approximate surface area is 279 Å². The molecule has 0 bridgehead atoms. The van der Waals surface area contributed by atoms with Gasteiger partial charge in [0.15, 0.2) is 0 Å². The highest BCUT2D eigenvalue weighted by atomic mass is 16.5. The molecule has 8 aromatic rings. The van der Waals surface area contributed by atoms with E-state index in [2.05, 4.69) is 140 Å². The van der Waals surface area contributed by atoms with Crippen molar-refractivity contribution >= 4 is 21.5 Å². The Bertz CT molecular complexity index is 2460. The maximum Gasteiger partial charge on any atom is 0.0922 e. The first kappa shape index (κ1) is 27.2. The summed E-state index contributed by atoms with van der Waals surface area (Å²) in [5.74, 6) is 0. The fourth-order valence-corrected chi connectivity index (χ4v) is 8.07. The molecule has 1 aliphatic heterocycles. The lowest BCUT2D eigenvalue weighted by Crippen LogP contribution is -2.12. The quantitative estimate of drug-likeness (QED) is 0.198. The van der Waals surface area contributed by atoms with E-state index in [1.165, 1.54) is 77.2 Å². The molecule has 3 heteroatoms. The summed E-state index contributed by atoms with van der Waals surface area (Å²) in [5.41, 5.74) is 16.6. The summed E-state index contributed by atoms with van der Waals surface area (Å²) in [4.78, 5) is 10.1. The molecule has 226 valence electrons. The van der Waals surface area contributed by atoms with Crippen molar-refractivity contribution in [3.05, 3.63) is 157 Å². The van der Waals surface area contributed by atoms with Crippen molar-refractivity contribution in [3.63, 3.8) is 0 Å². The van der Waals surface area contributed by atoms with Gasteiger partial charge in [0.1, 0.15) is 0 Å². The van der Waals surface area contributed by atoms with Gasteiger partial charge < -0.3 is 4.74 Å². The van der Waals surface area contributed by atoms with Gasteiger partial charge in [0.05, 0.1) is 30.3 Å². The Morgan fingerprint density at radius 1 is 0.479 bits per heavy atom. The van der Waals surface area contributed by atoms with E-state index in [9.17, 15) is 0 Å². The number of pyridine rings is 2. The molecule has 48 heavy (non-hydrogen) atoms. The normalized spacial score (nSPS) is 13.1. The fourth-order valence-electron chi connectivity index (χ4n) is 8.07. The molecule has 3 heterocycles. The van der Waals surface area contributed by atoms with Crippen LogP contribution in [0, 0.1) is 0 Å². The molecule has 0 atom stereocenters. The highest BCUT2D eigenvalue weighted by Crippen LogP contribution is 2.58. The average Bonchev–Trinajstić information content (AvgIpc) is 3.49. The molecule has 0 spiro atoms. The number of hydrogen-bond acceptors (Lipinski definition) is 3. The molecular weight excluding hydrogens is 585 g/mol. The molecule has 1 aliphatic carbocycles. The standard InChI is InChI=1S/C45H30N2O/c1-3-11-28(12-4-1)40-34-15-7-8-16-35(34)41(29-13-5-2-6-14-29)44-37-22-21-32(33-17-9-18-36(42(33)37)43(40)44)38-19-10-20-39(47-38)45-31-24-26-48-27-30(31)23-25-46-45/h1-23,25H,24,26-27H2. The molecule has 3 nitrogen and oxygen atoms in total. The van der Waals surface area contributed by atoms with Crippen molar-refractivity contribution in [2.24, 2.45) is 0 Å². The molecule has 0 fully saturated rings. The van der Waals surface area contributed by atoms with Crippen molar-refractivity contribution in [1.29, 1.82) is 0 Å². The zero-order chi connectivity index (χ0) is 31.6. The molecule has 0 amide bonds. The molecule has 0 unspecified atom stereocenters. The van der Waals surface area contributed by atoms with Crippen LogP contribution in [0.3, 0.4) is 0 Å². The number of nitrogens with zero attached hydrogens (tertiary/aromatic N) is 2. The van der Waals surface area contributed by atoms with Gasteiger partial charge in [0, 0.05) is 11.8 Å². The lowest BCUT2D eigenvalue weighted by Gasteiger charge is -2.20. The molecule has 0 saturated carbocycles. The Hall–Kier alpha value is -5.90. The monoisotopic (exact) mass is 614 g/mol. The Balaban J connectivity index is 1.26. The van der Waals surface area contributed by atoms with Gasteiger partial charge in [-0.15, -0.1) is 0 Å². The minimum atomic E-state index is 0.630. The molecule has 2 aliphatic rings. The van der Waals surface area contributed by atoms with Crippen LogP contribution in [0.25, 0.3) is 88.7 Å². The molecular formula is C45H30N2O. The summed E-state index contributed by atoms with van der Waals surface area (Å²) in [6, 6.07) is 50.5. The van der Waals surface area contributed by atoms with Crippen LogP contribution in [0.1, 0.15) is 11.1 Å². The Morgan fingerprint density at radius 3 is 1.81 bits per heavy atom. The van der Waals surface area contributed by atoms with Crippen molar-refractivity contribution in [2.45, 2.75) is 13.0 Å². The van der Waals surface area contributed by atoms with E-state index in [1.54, 1.807) is 0 Å². The van der Waals surface area contributed by atoms with E-state index >= 15 is 0 Å². The van der Waals surface area contributed by atoms with Crippen LogP contribution in [0.2, 0.25) is 0 Å². The second-order valence-electron chi connectivity index (χ2n) is 12.7. The van der Waals surface area contributed by atoms with Crippen LogP contribution in [-0.2, 0) is 17.8 Å². The van der Waals surface area contributed by atoms with Crippen LogP contribution >= 0.6 is 0 Å². The SMILES string of the molecule is c1ccc(-c2c3c(c(-c4ccccc4)c4ccccc24)-c2ccc(-c4cccc(-c5nccc6c5CCOC6)n4)c4cccc-3c24)cc1. The van der Waals surface area contributed by atoms with Gasteiger partial charge in [-0.3, -0.25) is 4.98 Å². The minimum Gasteiger partial charge on any atom is -0.376 e. The van der Waals surface area contributed by atoms with Crippen LogP contribution in [-0.4, -0.2) is 16.6 Å². The van der Waals surface area contributed by atoms with Crippen molar-refractivity contribution < 1.29 is 4.74 Å². The maximum absolute atomic E-state index is 5.73. The first-order chi connectivity index (χ1) is 23.8. The van der Waals surface area contributed by atoms with Crippen molar-refractivity contribution in [2.75, 3.05) is 6.61 Å². The number of fused-ring (bicyclic) bond motifs is 5. The summed E-state index contributed by atoms with van der Waals surface area (Å²) < 4.78 is 5.73. The van der Waals surface area contributed by atoms with Crippen LogP contribution in [0.4, 0.5) is 0 Å². The maximum atomic E-state index is 5.73. The number of aromatic nitrogens is 2. The molecule has 10 rings (SSSR count). The van der Waals surface area contributed by atoms with E-state index in [0.717, 1.165) is 29.1 Å². The number of benzene rings is 6. The topological polar surface area (TPSA) is 35.0 Å². The predicted octanol–water partition coefficient (Wildman–Crippen LogP) is 11.2. The van der Waals surface area contributed by atoms with Gasteiger partial charge in [0.2, 0.25) is 0 Å². The lowest BCUT2D eigenvalue weighted by atomic mass is 9.82. The van der Waals surface area contributed by atoms with Gasteiger partial charge >= 0.3 is 0 Å². The second kappa shape index (κ2) is 10.8. The van der Waals surface area contributed by atoms with E-state index in [0.29, 0.717) is 13.2 Å². The zero-order valence-corrected chi connectivity index (χ0v) is 26.3. The number of hydrogen-bond donors (Lipinski definition) is 0. The Morgan fingerprint density at radius 2 is 1.08 bits per heavy atom. The van der Waals surface area contributed by atoms with Gasteiger partial charge in [-0.05, 0) is 102 Å². The number of rotatable bonds is 4. The van der Waals surface area contributed by atoms with Gasteiger partial charge in [0.25, 0.3) is 0 Å². The second-order valence-corrected chi connectivity index (χ2v) is 12.7. The van der Waals surface area contributed by atoms with E-state index in [4.69, 9.17) is 14.7 Å². The zero-order valence-electron chi connectivity index (χ0n) is 26.3. The first-order valence-electron chi connectivity index (χ1n) is 16.6. The third-order valence-electron chi connectivity index (χ3n) is 10.1. The summed E-state index contributed by atoms with van der Waals surface area (Å²) in [5, 5.41) is 5.04. The molecule has 0 radical (unpaired) electrons. The van der Waals surface area contributed by atoms with E-state index < -0.39 is 0 Å². The highest BCUT2D eigenvalue weighted by molar-refractivity contribution is 6.28. The third kappa shape index (κ3) is 4.05. The summed E-state index contributed by atoms with van der Waals surface area (Å²) in [7, 11) is 0. The fraction of sp³-hybridized carbons (Fsp3) is 0.0667. The summed E-state index contributed by atoms with van der Waals surface area (Å²) in [6.45, 7) is 1.34. The molecule has 0 N–H and O–H groups in total. The molecule has 2 aromatic heterocycles. The van der Waals surface area contributed by atoms with E-state index in [1.807, 2.05) is 6.20 Å². The van der Waals surface area contributed by atoms with Crippen molar-refractivity contribution in [3.8, 4) is 67.2 Å². The van der Waals surface area contributed by atoms with Gasteiger partial charge in [-0.1, -0.05) is 121 Å². The minimum absolute atomic E-state index is 0.630. The largest absolute Gasteiger partial charge is 0.376 e. The van der Waals surface area contributed by atoms with Crippen molar-refractivity contribution in [1.82, 2.24) is 9.97 Å². The summed E-state index contributed by atoms with van der Waals surface area (Å²) in [6.07, 6.45) is 2.73. The molecule has 6 aromatic carbocycles. The Kier molecular flexibility index (Phi) is 6.15.